The molecule has 0 aromatic heterocycles. The van der Waals surface area contributed by atoms with Crippen LogP contribution in [0.5, 0.6) is 5.75 Å². The first-order valence-corrected chi connectivity index (χ1v) is 7.32. The van der Waals surface area contributed by atoms with Crippen LogP contribution in [0.3, 0.4) is 0 Å². The Labute approximate surface area is 125 Å². The fourth-order valence-corrected chi connectivity index (χ4v) is 2.29. The Kier molecular flexibility index (Phi) is 4.21. The molecule has 21 heavy (non-hydrogen) atoms. The number of fused-ring (bicyclic) bond motifs is 1. The maximum Gasteiger partial charge on any atom is 0.268 e. The average Bonchev–Trinajstić information content (AvgIpc) is 2.41. The van der Waals surface area contributed by atoms with Crippen molar-refractivity contribution in [2.45, 2.75) is 46.1 Å². The molecule has 1 aliphatic rings. The van der Waals surface area contributed by atoms with Gasteiger partial charge in [0.1, 0.15) is 5.75 Å². The van der Waals surface area contributed by atoms with Gasteiger partial charge in [-0.05, 0) is 44.9 Å². The first kappa shape index (κ1) is 15.4. The van der Waals surface area contributed by atoms with Crippen molar-refractivity contribution in [1.82, 2.24) is 0 Å². The molecule has 0 saturated carbocycles. The minimum absolute atomic E-state index is 0.00309. The molecule has 0 fully saturated rings. The Hall–Kier alpha value is -2.04. The number of nitrogens with one attached hydrogen (secondary N) is 2. The van der Waals surface area contributed by atoms with Crippen molar-refractivity contribution in [2.75, 3.05) is 10.6 Å². The van der Waals surface area contributed by atoms with Gasteiger partial charge in [-0.1, -0.05) is 13.8 Å². The summed E-state index contributed by atoms with van der Waals surface area (Å²) in [7, 11) is 0. The third-order valence-corrected chi connectivity index (χ3v) is 3.76. The van der Waals surface area contributed by atoms with Crippen molar-refractivity contribution in [3.63, 3.8) is 0 Å². The molecule has 1 aromatic carbocycles. The molecule has 5 heteroatoms. The summed E-state index contributed by atoms with van der Waals surface area (Å²) in [6.07, 6.45) is 1.61. The normalized spacial score (nSPS) is 16.0. The lowest BCUT2D eigenvalue weighted by Gasteiger charge is -2.31. The summed E-state index contributed by atoms with van der Waals surface area (Å²) in [5.74, 6) is 0.424. The van der Waals surface area contributed by atoms with Gasteiger partial charge in [-0.25, -0.2) is 0 Å². The number of anilines is 2. The van der Waals surface area contributed by atoms with E-state index < -0.39 is 5.60 Å². The minimum atomic E-state index is -0.882. The number of rotatable bonds is 4. The predicted molar refractivity (Wildman–Crippen MR) is 82.5 cm³/mol. The van der Waals surface area contributed by atoms with E-state index >= 15 is 0 Å². The lowest BCUT2D eigenvalue weighted by Crippen LogP contribution is -2.45. The summed E-state index contributed by atoms with van der Waals surface area (Å²) in [5.41, 5.74) is 0.365. The fraction of sp³-hybridized carbons (Fsp3) is 0.500. The fourth-order valence-electron chi connectivity index (χ4n) is 2.29. The maximum atomic E-state index is 12.1. The molecule has 0 saturated heterocycles. The van der Waals surface area contributed by atoms with Gasteiger partial charge in [-0.2, -0.15) is 0 Å². The first-order chi connectivity index (χ1) is 9.87. The quantitative estimate of drug-likeness (QED) is 0.895. The Morgan fingerprint density at radius 3 is 2.62 bits per heavy atom. The number of hydrogen-bond acceptors (Lipinski definition) is 3. The van der Waals surface area contributed by atoms with Crippen molar-refractivity contribution >= 4 is 23.2 Å². The van der Waals surface area contributed by atoms with Crippen LogP contribution in [-0.4, -0.2) is 17.4 Å². The summed E-state index contributed by atoms with van der Waals surface area (Å²) >= 11 is 0. The molecule has 0 atom stereocenters. The number of carbonyl (C=O) groups is 2. The predicted octanol–water partition coefficient (Wildman–Crippen LogP) is 3.17. The SMILES string of the molecule is CCC(CC)C(=O)Nc1ccc2c(c1)NC(=O)C(C)(C)O2. The topological polar surface area (TPSA) is 67.4 Å². The van der Waals surface area contributed by atoms with E-state index in [0.717, 1.165) is 12.8 Å². The molecule has 0 bridgehead atoms. The van der Waals surface area contributed by atoms with Crippen LogP contribution >= 0.6 is 0 Å². The third kappa shape index (κ3) is 3.17. The Bertz CT molecular complexity index is 563. The van der Waals surface area contributed by atoms with Crippen LogP contribution in [0, 0.1) is 5.92 Å². The van der Waals surface area contributed by atoms with E-state index in [0.29, 0.717) is 17.1 Å². The molecule has 2 rings (SSSR count). The van der Waals surface area contributed by atoms with Crippen LogP contribution in [0.25, 0.3) is 0 Å². The highest BCUT2D eigenvalue weighted by Gasteiger charge is 2.35. The van der Waals surface area contributed by atoms with Crippen molar-refractivity contribution in [2.24, 2.45) is 5.92 Å². The highest BCUT2D eigenvalue weighted by molar-refractivity contribution is 6.01. The molecule has 114 valence electrons. The Morgan fingerprint density at radius 1 is 1.33 bits per heavy atom. The van der Waals surface area contributed by atoms with E-state index in [1.54, 1.807) is 32.0 Å². The molecule has 2 N–H and O–H groups in total. The Balaban J connectivity index is 2.17. The summed E-state index contributed by atoms with van der Waals surface area (Å²) in [4.78, 5) is 24.0. The number of amides is 2. The van der Waals surface area contributed by atoms with Gasteiger partial charge in [-0.3, -0.25) is 9.59 Å². The summed E-state index contributed by atoms with van der Waals surface area (Å²) in [6, 6.07) is 5.27. The van der Waals surface area contributed by atoms with Crippen LogP contribution in [0.2, 0.25) is 0 Å². The smallest absolute Gasteiger partial charge is 0.268 e. The number of benzene rings is 1. The van der Waals surface area contributed by atoms with E-state index in [4.69, 9.17) is 4.74 Å². The Morgan fingerprint density at radius 2 is 2.00 bits per heavy atom. The monoisotopic (exact) mass is 290 g/mol. The second-order valence-electron chi connectivity index (χ2n) is 5.78. The zero-order valence-electron chi connectivity index (χ0n) is 12.9. The number of carbonyl (C=O) groups excluding carboxylic acids is 2. The zero-order valence-corrected chi connectivity index (χ0v) is 12.9. The lowest BCUT2D eigenvalue weighted by atomic mass is 10.0. The second-order valence-corrected chi connectivity index (χ2v) is 5.78. The maximum absolute atomic E-state index is 12.1. The molecule has 0 aliphatic carbocycles. The first-order valence-electron chi connectivity index (χ1n) is 7.32. The largest absolute Gasteiger partial charge is 0.476 e. The van der Waals surface area contributed by atoms with Crippen molar-refractivity contribution < 1.29 is 14.3 Å². The van der Waals surface area contributed by atoms with E-state index in [-0.39, 0.29) is 17.7 Å². The van der Waals surface area contributed by atoms with Crippen molar-refractivity contribution in [3.8, 4) is 5.75 Å². The molecular weight excluding hydrogens is 268 g/mol. The third-order valence-electron chi connectivity index (χ3n) is 3.76. The molecular formula is C16H22N2O3. The standard InChI is InChI=1S/C16H22N2O3/c1-5-10(6-2)14(19)17-11-7-8-13-12(9-11)18-15(20)16(3,4)21-13/h7-10H,5-6H2,1-4H3,(H,17,19)(H,18,20). The minimum Gasteiger partial charge on any atom is -0.476 e. The molecule has 1 aromatic rings. The van der Waals surface area contributed by atoms with Crippen molar-refractivity contribution in [3.05, 3.63) is 18.2 Å². The molecule has 5 nitrogen and oxygen atoms in total. The number of hydrogen-bond donors (Lipinski definition) is 2. The van der Waals surface area contributed by atoms with Crippen LogP contribution < -0.4 is 15.4 Å². The lowest BCUT2D eigenvalue weighted by molar-refractivity contribution is -0.129. The number of ether oxygens (including phenoxy) is 1. The highest BCUT2D eigenvalue weighted by atomic mass is 16.5. The van der Waals surface area contributed by atoms with Gasteiger partial charge in [-0.15, -0.1) is 0 Å². The summed E-state index contributed by atoms with van der Waals surface area (Å²) in [6.45, 7) is 7.43. The van der Waals surface area contributed by atoms with E-state index in [2.05, 4.69) is 10.6 Å². The summed E-state index contributed by atoms with van der Waals surface area (Å²) in [5, 5.41) is 5.69. The van der Waals surface area contributed by atoms with Crippen LogP contribution in [0.4, 0.5) is 11.4 Å². The van der Waals surface area contributed by atoms with Gasteiger partial charge < -0.3 is 15.4 Å². The van der Waals surface area contributed by atoms with Gasteiger partial charge in [0.15, 0.2) is 5.60 Å². The molecule has 0 spiro atoms. The van der Waals surface area contributed by atoms with Gasteiger partial charge >= 0.3 is 0 Å². The molecule has 1 heterocycles. The molecule has 0 unspecified atom stereocenters. The molecule has 1 aliphatic heterocycles. The average molecular weight is 290 g/mol. The summed E-state index contributed by atoms with van der Waals surface area (Å²) < 4.78 is 5.66. The van der Waals surface area contributed by atoms with Gasteiger partial charge in [0.2, 0.25) is 5.91 Å². The van der Waals surface area contributed by atoms with E-state index in [1.165, 1.54) is 0 Å². The zero-order chi connectivity index (χ0) is 15.6. The van der Waals surface area contributed by atoms with E-state index in [1.807, 2.05) is 13.8 Å². The van der Waals surface area contributed by atoms with E-state index in [9.17, 15) is 9.59 Å². The second kappa shape index (κ2) is 5.76. The van der Waals surface area contributed by atoms with Crippen LogP contribution in [-0.2, 0) is 9.59 Å². The van der Waals surface area contributed by atoms with Gasteiger partial charge in [0.25, 0.3) is 5.91 Å². The van der Waals surface area contributed by atoms with Crippen molar-refractivity contribution in [1.29, 1.82) is 0 Å². The van der Waals surface area contributed by atoms with Crippen LogP contribution in [0.1, 0.15) is 40.5 Å². The van der Waals surface area contributed by atoms with Crippen LogP contribution in [0.15, 0.2) is 18.2 Å². The molecule has 2 amide bonds. The highest BCUT2D eigenvalue weighted by Crippen LogP contribution is 2.35. The van der Waals surface area contributed by atoms with Gasteiger partial charge in [0, 0.05) is 11.6 Å². The molecule has 0 radical (unpaired) electrons. The van der Waals surface area contributed by atoms with Gasteiger partial charge in [0.05, 0.1) is 5.69 Å².